The van der Waals surface area contributed by atoms with Crippen LogP contribution in [-0.2, 0) is 24.2 Å². The van der Waals surface area contributed by atoms with Crippen LogP contribution in [0.5, 0.6) is 0 Å². The summed E-state index contributed by atoms with van der Waals surface area (Å²) >= 11 is 60.6. The molecular weight excluding hydrogens is 1330 g/mol. The zero-order valence-corrected chi connectivity index (χ0v) is 52.5. The maximum absolute atomic E-state index is 11.8. The summed E-state index contributed by atoms with van der Waals surface area (Å²) in [5, 5.41) is 11.1. The number of pyridine rings is 3. The van der Waals surface area contributed by atoms with Gasteiger partial charge >= 0.3 is 11.2 Å². The van der Waals surface area contributed by atoms with E-state index in [0.29, 0.717) is 84.2 Å². The second kappa shape index (κ2) is 30.1. The fourth-order valence-corrected chi connectivity index (χ4v) is 11.1. The van der Waals surface area contributed by atoms with Gasteiger partial charge in [0, 0.05) is 44.2 Å². The van der Waals surface area contributed by atoms with Gasteiger partial charge in [-0.2, -0.15) is 0 Å². The molecule has 2 saturated heterocycles. The number of aromatic nitrogens is 7. The lowest BCUT2D eigenvalue weighted by Crippen LogP contribution is -2.39. The van der Waals surface area contributed by atoms with Crippen molar-refractivity contribution in [1.29, 1.82) is 0 Å². The van der Waals surface area contributed by atoms with Crippen LogP contribution < -0.4 is 21.7 Å². The number of nitrogens with one attached hydrogen (secondary N) is 3. The number of sulfone groups is 2. The van der Waals surface area contributed by atoms with Gasteiger partial charge in [0.25, 0.3) is 0 Å². The molecule has 2 fully saturated rings. The number of H-pyrrole nitrogens is 2. The number of anilines is 3. The molecule has 80 heavy (non-hydrogen) atoms. The molecule has 0 saturated carbocycles. The van der Waals surface area contributed by atoms with Crippen LogP contribution in [0.1, 0.15) is 36.0 Å². The number of hydrogen-bond donors (Lipinski definition) is 6. The molecule has 0 aliphatic carbocycles. The molecule has 430 valence electrons. The normalized spacial score (nSPS) is 13.9. The van der Waals surface area contributed by atoms with Gasteiger partial charge in [0.15, 0.2) is 0 Å². The first-order valence-corrected chi connectivity index (χ1v) is 34.4. The highest BCUT2D eigenvalue weighted by molar-refractivity contribution is 8.24. The molecule has 0 spiro atoms. The Labute approximate surface area is 515 Å². The van der Waals surface area contributed by atoms with Crippen molar-refractivity contribution in [1.82, 2.24) is 40.2 Å². The number of hydrogen-bond acceptors (Lipinski definition) is 15. The monoisotopic (exact) mass is 1370 g/mol. The van der Waals surface area contributed by atoms with Gasteiger partial charge in [-0.3, -0.25) is 4.57 Å². The number of carboxylic acids is 1. The Bertz CT molecular complexity index is 3600. The molecule has 0 bridgehead atoms. The average Bonchev–Trinajstić information content (AvgIpc) is 3.99. The number of fused-ring (bicyclic) bond motifs is 2. The zero-order valence-electron chi connectivity index (χ0n) is 41.6. The van der Waals surface area contributed by atoms with Crippen LogP contribution >= 0.6 is 132 Å². The Morgan fingerprint density at radius 2 is 0.988 bits per heavy atom. The molecule has 0 amide bonds. The van der Waals surface area contributed by atoms with Crippen LogP contribution in [0.3, 0.4) is 0 Å². The summed E-state index contributed by atoms with van der Waals surface area (Å²) in [5.41, 5.74) is 16.4. The lowest BCUT2D eigenvalue weighted by atomic mass is 10.1. The third kappa shape index (κ3) is 20.5. The van der Waals surface area contributed by atoms with Crippen LogP contribution in [0.2, 0.25) is 40.4 Å². The van der Waals surface area contributed by atoms with Crippen molar-refractivity contribution in [2.45, 2.75) is 36.2 Å². The van der Waals surface area contributed by atoms with Crippen molar-refractivity contribution >= 4 is 197 Å². The SMILES string of the molecule is CS(=O)(=O)C1CCN(c2ncccc2-c2nc3cc(Cl)c(Cl)cc3[nH]2)CC1.CS(=O)(=O)C1CCNCC1.Clc1cc2nc(-c3cccnc3Cl)[nH]c2cc1Cl.Nc1cc(Cl)c(Cl)cc1N.O=C(O)c1cccnc1Cl.O=P(Cl)(Cl)Cl. The van der Waals surface area contributed by atoms with E-state index < -0.39 is 30.8 Å². The number of nitrogens with zero attached hydrogens (tertiary/aromatic N) is 6. The van der Waals surface area contributed by atoms with Crippen molar-refractivity contribution in [3.05, 3.63) is 137 Å². The number of carbonyl (C=O) groups is 1. The highest BCUT2D eigenvalue weighted by Crippen LogP contribution is 2.61. The number of halogens is 11. The molecule has 0 atom stereocenters. The van der Waals surface area contributed by atoms with Gasteiger partial charge in [0.05, 0.1) is 90.8 Å². The minimum Gasteiger partial charge on any atom is -0.478 e. The Kier molecular flexibility index (Phi) is 25.2. The van der Waals surface area contributed by atoms with E-state index in [2.05, 4.69) is 78.8 Å². The minimum absolute atomic E-state index is 0.0231. The highest BCUT2D eigenvalue weighted by Gasteiger charge is 2.29. The number of piperidine rings is 2. The van der Waals surface area contributed by atoms with E-state index in [-0.39, 0.29) is 21.2 Å². The van der Waals surface area contributed by atoms with Crippen molar-refractivity contribution in [2.75, 3.05) is 55.1 Å². The predicted octanol–water partition coefficient (Wildman–Crippen LogP) is 14.7. The number of nitrogens with two attached hydrogens (primary N) is 2. The molecule has 2 aliphatic heterocycles. The number of carboxylic acid groups (broad SMARTS) is 1. The highest BCUT2D eigenvalue weighted by atomic mass is 36.0. The van der Waals surface area contributed by atoms with Gasteiger partial charge < -0.3 is 36.8 Å². The molecule has 18 nitrogen and oxygen atoms in total. The van der Waals surface area contributed by atoms with Crippen LogP contribution in [0.25, 0.3) is 44.8 Å². The topological polar surface area (TPSA) is 286 Å². The first-order valence-electron chi connectivity index (χ1n) is 23.0. The minimum atomic E-state index is -3.22. The number of rotatable bonds is 6. The maximum atomic E-state index is 11.8. The Morgan fingerprint density at radius 3 is 1.40 bits per heavy atom. The van der Waals surface area contributed by atoms with E-state index in [1.54, 1.807) is 42.7 Å². The van der Waals surface area contributed by atoms with Gasteiger partial charge in [-0.25, -0.2) is 46.6 Å². The fourth-order valence-electron chi connectivity index (χ4n) is 7.50. The molecule has 7 heterocycles. The van der Waals surface area contributed by atoms with Crippen molar-refractivity contribution in [3.8, 4) is 22.8 Å². The molecule has 3 aromatic carbocycles. The number of aromatic carboxylic acids is 1. The predicted molar refractivity (Wildman–Crippen MR) is 331 cm³/mol. The summed E-state index contributed by atoms with van der Waals surface area (Å²) in [6.45, 7) is 2.97. The van der Waals surface area contributed by atoms with E-state index in [1.165, 1.54) is 43.0 Å². The smallest absolute Gasteiger partial charge is 0.339 e. The Balaban J connectivity index is 0.000000192. The molecule has 8 N–H and O–H groups in total. The van der Waals surface area contributed by atoms with Crippen molar-refractivity contribution < 1.29 is 31.3 Å². The van der Waals surface area contributed by atoms with Gasteiger partial charge in [-0.1, -0.05) is 92.8 Å². The van der Waals surface area contributed by atoms with Gasteiger partial charge in [0.2, 0.25) is 0 Å². The van der Waals surface area contributed by atoms with Crippen LogP contribution in [0.4, 0.5) is 17.2 Å². The molecule has 10 rings (SSSR count). The second-order valence-corrected chi connectivity index (χ2v) is 31.6. The Hall–Kier alpha value is -3.80. The average molecular weight is 1380 g/mol. The zero-order chi connectivity index (χ0) is 59.3. The van der Waals surface area contributed by atoms with Gasteiger partial charge in [-0.15, -0.1) is 0 Å². The number of aromatic amines is 2. The van der Waals surface area contributed by atoms with E-state index in [4.69, 9.17) is 109 Å². The summed E-state index contributed by atoms with van der Waals surface area (Å²) in [4.78, 5) is 40.0. The van der Waals surface area contributed by atoms with E-state index in [1.807, 2.05) is 18.2 Å². The lowest BCUT2D eigenvalue weighted by Gasteiger charge is -2.32. The molecule has 8 aromatic rings. The molecule has 2 aliphatic rings. The second-order valence-electron chi connectivity index (χ2n) is 17.2. The standard InChI is InChI=1S/C18H18Cl2N4O2S.C12H6Cl3N3.C6H6Cl2N2.C6H4ClNO2.C6H13NO2S.Cl3OP/c1-27(25,26)11-4-7-24(8-5-11)18-12(3-2-6-21-18)17-22-15-9-13(19)14(20)10-16(15)23-17;13-7-4-9-10(5-8(7)14)18-12(17-9)6-2-1-3-16-11(6)15;7-3-1-5(9)6(10)2-4(3)8;7-5-4(6(9)10)2-1-3-8-5;1-10(8,9)6-2-4-7-5-3-6;1-5(2,3)4/h2-3,6,9-11H,4-5,7-8H2,1H3,(H,22,23);1-5H,(H,17,18);1-2H,9-10H2;1-3H,(H,9,10);6-7H,2-5H2,1H3;. The molecule has 0 unspecified atom stereocenters. The van der Waals surface area contributed by atoms with E-state index in [0.717, 1.165) is 64.9 Å². The number of benzene rings is 3. The summed E-state index contributed by atoms with van der Waals surface area (Å²) in [6.07, 6.45) is 10.2. The third-order valence-corrected chi connectivity index (χ3v) is 17.6. The summed E-state index contributed by atoms with van der Waals surface area (Å²) < 4.78 is 55.0. The molecular formula is C48H47Cl11N11O7PS2. The van der Waals surface area contributed by atoms with E-state index >= 15 is 0 Å². The first-order chi connectivity index (χ1) is 37.4. The van der Waals surface area contributed by atoms with Crippen LogP contribution in [0, 0.1) is 0 Å². The van der Waals surface area contributed by atoms with Gasteiger partial charge in [-0.05, 0) is 145 Å². The summed E-state index contributed by atoms with van der Waals surface area (Å²) in [6, 6.07) is 20.4. The lowest BCUT2D eigenvalue weighted by molar-refractivity contribution is 0.0696. The summed E-state index contributed by atoms with van der Waals surface area (Å²) in [5.74, 6) is 1.05. The fraction of sp³-hybridized carbons (Fsp3) is 0.250. The van der Waals surface area contributed by atoms with Crippen molar-refractivity contribution in [3.63, 3.8) is 0 Å². The number of imidazole rings is 2. The first kappa shape index (κ1) is 67.0. The van der Waals surface area contributed by atoms with E-state index in [9.17, 15) is 26.2 Å². The Morgan fingerprint density at radius 1 is 0.600 bits per heavy atom. The quantitative estimate of drug-likeness (QED) is 0.0512. The molecule has 32 heteroatoms. The largest absolute Gasteiger partial charge is 0.478 e. The third-order valence-electron chi connectivity index (χ3n) is 11.5. The maximum Gasteiger partial charge on any atom is 0.339 e. The number of nitrogen functional groups attached to an aromatic ring is 2. The molecule has 0 radical (unpaired) electrons. The van der Waals surface area contributed by atoms with Gasteiger partial charge in [0.1, 0.15) is 47.4 Å². The van der Waals surface area contributed by atoms with Crippen molar-refractivity contribution in [2.24, 2.45) is 0 Å². The van der Waals surface area contributed by atoms with Crippen LogP contribution in [-0.4, -0.2) is 112 Å². The molecule has 5 aromatic heterocycles. The summed E-state index contributed by atoms with van der Waals surface area (Å²) in [7, 11) is -5.78. The van der Waals surface area contributed by atoms with Crippen LogP contribution in [0.15, 0.2) is 91.4 Å².